The summed E-state index contributed by atoms with van der Waals surface area (Å²) in [5.41, 5.74) is 0. The number of amides is 1. The molecule has 1 N–H and O–H groups in total. The first kappa shape index (κ1) is 13.0. The molecule has 5 nitrogen and oxygen atoms in total. The molecule has 1 aromatic heterocycles. The second kappa shape index (κ2) is 5.48. The zero-order chi connectivity index (χ0) is 13.1. The minimum atomic E-state index is -0.940. The molecular weight excluding hydrogens is 252 g/mol. The molecule has 1 atom stereocenters. The van der Waals surface area contributed by atoms with Crippen molar-refractivity contribution in [2.45, 2.75) is 44.7 Å². The number of carboxylic acids is 1. The summed E-state index contributed by atoms with van der Waals surface area (Å²) in [6.45, 7) is 1.57. The third kappa shape index (κ3) is 3.07. The van der Waals surface area contributed by atoms with Gasteiger partial charge in [-0.15, -0.1) is 11.3 Å². The SMILES string of the molecule is CC(C(=O)O)N(C(=O)CCc1nccs1)C1CC1. The molecule has 1 amide bonds. The van der Waals surface area contributed by atoms with Gasteiger partial charge in [0.2, 0.25) is 5.91 Å². The summed E-state index contributed by atoms with van der Waals surface area (Å²) in [6, 6.07) is -0.610. The monoisotopic (exact) mass is 268 g/mol. The van der Waals surface area contributed by atoms with E-state index in [0.717, 1.165) is 17.8 Å². The molecule has 1 aromatic rings. The highest BCUT2D eigenvalue weighted by atomic mass is 32.1. The van der Waals surface area contributed by atoms with E-state index in [1.165, 1.54) is 16.2 Å². The number of hydrogen-bond donors (Lipinski definition) is 1. The molecule has 2 rings (SSSR count). The average Bonchev–Trinajstić information content (AvgIpc) is 3.02. The van der Waals surface area contributed by atoms with E-state index in [1.807, 2.05) is 5.38 Å². The summed E-state index contributed by atoms with van der Waals surface area (Å²) >= 11 is 1.52. The highest BCUT2D eigenvalue weighted by molar-refractivity contribution is 7.09. The molecule has 0 saturated heterocycles. The lowest BCUT2D eigenvalue weighted by molar-refractivity contribution is -0.150. The number of aryl methyl sites for hydroxylation is 1. The van der Waals surface area contributed by atoms with Crippen molar-refractivity contribution < 1.29 is 14.7 Å². The summed E-state index contributed by atoms with van der Waals surface area (Å²) in [7, 11) is 0. The van der Waals surface area contributed by atoms with Crippen LogP contribution in [0.3, 0.4) is 0 Å². The fraction of sp³-hybridized carbons (Fsp3) is 0.583. The highest BCUT2D eigenvalue weighted by Gasteiger charge is 2.37. The van der Waals surface area contributed by atoms with Crippen molar-refractivity contribution in [3.05, 3.63) is 16.6 Å². The second-order valence-corrected chi connectivity index (χ2v) is 5.45. The van der Waals surface area contributed by atoms with Gasteiger partial charge in [-0.25, -0.2) is 9.78 Å². The van der Waals surface area contributed by atoms with Crippen LogP contribution in [0.5, 0.6) is 0 Å². The Morgan fingerprint density at radius 2 is 2.33 bits per heavy atom. The maximum Gasteiger partial charge on any atom is 0.326 e. The molecule has 98 valence electrons. The van der Waals surface area contributed by atoms with E-state index in [2.05, 4.69) is 4.98 Å². The Morgan fingerprint density at radius 1 is 1.61 bits per heavy atom. The van der Waals surface area contributed by atoms with Gasteiger partial charge in [0.25, 0.3) is 0 Å². The third-order valence-electron chi connectivity index (χ3n) is 3.04. The summed E-state index contributed by atoms with van der Waals surface area (Å²) in [5, 5.41) is 11.8. The van der Waals surface area contributed by atoms with Crippen LogP contribution < -0.4 is 0 Å². The molecule has 0 aliphatic heterocycles. The van der Waals surface area contributed by atoms with Gasteiger partial charge in [-0.1, -0.05) is 0 Å². The van der Waals surface area contributed by atoms with E-state index in [4.69, 9.17) is 5.11 Å². The number of thiazole rings is 1. The van der Waals surface area contributed by atoms with E-state index < -0.39 is 12.0 Å². The third-order valence-corrected chi connectivity index (χ3v) is 3.88. The van der Waals surface area contributed by atoms with Crippen LogP contribution in [0, 0.1) is 0 Å². The number of carboxylic acid groups (broad SMARTS) is 1. The van der Waals surface area contributed by atoms with Crippen LogP contribution in [0.4, 0.5) is 0 Å². The Bertz CT molecular complexity index is 429. The first-order chi connectivity index (χ1) is 8.59. The maximum atomic E-state index is 12.1. The molecule has 1 unspecified atom stereocenters. The molecule has 0 spiro atoms. The van der Waals surface area contributed by atoms with Gasteiger partial charge in [0, 0.05) is 30.5 Å². The Hall–Kier alpha value is -1.43. The molecule has 18 heavy (non-hydrogen) atoms. The maximum absolute atomic E-state index is 12.1. The molecule has 0 radical (unpaired) electrons. The van der Waals surface area contributed by atoms with Gasteiger partial charge in [0.1, 0.15) is 6.04 Å². The van der Waals surface area contributed by atoms with Gasteiger partial charge >= 0.3 is 5.97 Å². The standard InChI is InChI=1S/C12H16N2O3S/c1-8(12(16)17)14(9-2-3-9)11(15)5-4-10-13-6-7-18-10/h6-9H,2-5H2,1H3,(H,16,17). The van der Waals surface area contributed by atoms with Crippen molar-refractivity contribution in [1.82, 2.24) is 9.88 Å². The first-order valence-corrected chi connectivity index (χ1v) is 6.90. The van der Waals surface area contributed by atoms with Crippen LogP contribution in [0.1, 0.15) is 31.2 Å². The van der Waals surface area contributed by atoms with E-state index >= 15 is 0 Å². The molecule has 0 aromatic carbocycles. The molecule has 1 fully saturated rings. The first-order valence-electron chi connectivity index (χ1n) is 6.02. The molecule has 1 aliphatic carbocycles. The fourth-order valence-corrected chi connectivity index (χ4v) is 2.55. The Morgan fingerprint density at radius 3 is 2.83 bits per heavy atom. The van der Waals surface area contributed by atoms with Crippen molar-refractivity contribution >= 4 is 23.2 Å². The molecule has 1 saturated carbocycles. The van der Waals surface area contributed by atoms with Gasteiger partial charge in [0.05, 0.1) is 5.01 Å². The van der Waals surface area contributed by atoms with E-state index in [0.29, 0.717) is 12.8 Å². The number of rotatable bonds is 6. The number of hydrogen-bond acceptors (Lipinski definition) is 4. The normalized spacial score (nSPS) is 16.3. The summed E-state index contributed by atoms with van der Waals surface area (Å²) < 4.78 is 0. The van der Waals surface area contributed by atoms with E-state index in [9.17, 15) is 9.59 Å². The lowest BCUT2D eigenvalue weighted by atomic mass is 10.2. The highest BCUT2D eigenvalue weighted by Crippen LogP contribution is 2.29. The minimum Gasteiger partial charge on any atom is -0.480 e. The van der Waals surface area contributed by atoms with Crippen LogP contribution in [0.15, 0.2) is 11.6 Å². The number of aromatic nitrogens is 1. The Labute approximate surface area is 109 Å². The lowest BCUT2D eigenvalue weighted by Crippen LogP contribution is -2.44. The van der Waals surface area contributed by atoms with Crippen LogP contribution >= 0.6 is 11.3 Å². The minimum absolute atomic E-state index is 0.0809. The Balaban J connectivity index is 1.93. The molecule has 1 aliphatic rings. The lowest BCUT2D eigenvalue weighted by Gasteiger charge is -2.26. The van der Waals surface area contributed by atoms with Gasteiger partial charge < -0.3 is 10.0 Å². The number of aliphatic carboxylic acids is 1. The van der Waals surface area contributed by atoms with E-state index in [-0.39, 0.29) is 11.9 Å². The summed E-state index contributed by atoms with van der Waals surface area (Å²) in [4.78, 5) is 28.8. The number of carbonyl (C=O) groups excluding carboxylic acids is 1. The summed E-state index contributed by atoms with van der Waals surface area (Å²) in [6.07, 6.45) is 4.47. The number of carbonyl (C=O) groups is 2. The van der Waals surface area contributed by atoms with Gasteiger partial charge in [-0.2, -0.15) is 0 Å². The predicted molar refractivity (Wildman–Crippen MR) is 67.4 cm³/mol. The topological polar surface area (TPSA) is 70.5 Å². The summed E-state index contributed by atoms with van der Waals surface area (Å²) in [5.74, 6) is -1.02. The van der Waals surface area contributed by atoms with Crippen molar-refractivity contribution in [3.63, 3.8) is 0 Å². The van der Waals surface area contributed by atoms with Gasteiger partial charge in [0.15, 0.2) is 0 Å². The van der Waals surface area contributed by atoms with Crippen LogP contribution in [0.25, 0.3) is 0 Å². The zero-order valence-corrected chi connectivity index (χ0v) is 11.0. The zero-order valence-electron chi connectivity index (χ0n) is 10.2. The van der Waals surface area contributed by atoms with Gasteiger partial charge in [-0.3, -0.25) is 4.79 Å². The van der Waals surface area contributed by atoms with Crippen LogP contribution in [-0.4, -0.2) is 39.0 Å². The van der Waals surface area contributed by atoms with Crippen molar-refractivity contribution in [2.24, 2.45) is 0 Å². The predicted octanol–water partition coefficient (Wildman–Crippen LogP) is 1.54. The number of nitrogens with zero attached hydrogens (tertiary/aromatic N) is 2. The van der Waals surface area contributed by atoms with Crippen molar-refractivity contribution in [3.8, 4) is 0 Å². The van der Waals surface area contributed by atoms with Crippen LogP contribution in [-0.2, 0) is 16.0 Å². The van der Waals surface area contributed by atoms with Crippen molar-refractivity contribution in [1.29, 1.82) is 0 Å². The molecule has 0 bridgehead atoms. The molecule has 6 heteroatoms. The second-order valence-electron chi connectivity index (χ2n) is 4.47. The van der Waals surface area contributed by atoms with E-state index in [1.54, 1.807) is 13.1 Å². The average molecular weight is 268 g/mol. The Kier molecular flexibility index (Phi) is 3.96. The quantitative estimate of drug-likeness (QED) is 0.849. The molecular formula is C12H16N2O3S. The molecule has 1 heterocycles. The smallest absolute Gasteiger partial charge is 0.326 e. The fourth-order valence-electron chi connectivity index (χ4n) is 1.93. The van der Waals surface area contributed by atoms with Gasteiger partial charge in [-0.05, 0) is 19.8 Å². The van der Waals surface area contributed by atoms with Crippen LogP contribution in [0.2, 0.25) is 0 Å². The van der Waals surface area contributed by atoms with Crippen molar-refractivity contribution in [2.75, 3.05) is 0 Å². The largest absolute Gasteiger partial charge is 0.480 e.